The van der Waals surface area contributed by atoms with E-state index in [0.29, 0.717) is 11.6 Å². The van der Waals surface area contributed by atoms with Gasteiger partial charge in [-0.3, -0.25) is 0 Å². The summed E-state index contributed by atoms with van der Waals surface area (Å²) in [6, 6.07) is 10.5. The summed E-state index contributed by atoms with van der Waals surface area (Å²) in [6.07, 6.45) is 2.50. The predicted octanol–water partition coefficient (Wildman–Crippen LogP) is 4.67. The summed E-state index contributed by atoms with van der Waals surface area (Å²) in [5.74, 6) is -0.125. The van der Waals surface area contributed by atoms with Crippen LogP contribution < -0.4 is 5.32 Å². The van der Waals surface area contributed by atoms with Crippen molar-refractivity contribution in [2.45, 2.75) is 46.2 Å². The van der Waals surface area contributed by atoms with Crippen molar-refractivity contribution in [2.75, 3.05) is 0 Å². The van der Waals surface area contributed by atoms with Gasteiger partial charge >= 0.3 is 0 Å². The van der Waals surface area contributed by atoms with E-state index in [2.05, 4.69) is 38.2 Å². The SMILES string of the molecule is Cc1cc(C)c(-c2ccc(CNC3CC3)cc2F)c(C)c1. The summed E-state index contributed by atoms with van der Waals surface area (Å²) in [7, 11) is 0. The molecule has 2 aromatic carbocycles. The molecule has 1 fully saturated rings. The Labute approximate surface area is 126 Å². The van der Waals surface area contributed by atoms with Crippen LogP contribution in [0.4, 0.5) is 4.39 Å². The topological polar surface area (TPSA) is 12.0 Å². The lowest BCUT2D eigenvalue weighted by molar-refractivity contribution is 0.622. The first-order chi connectivity index (χ1) is 10.0. The Kier molecular flexibility index (Phi) is 3.81. The molecule has 0 atom stereocenters. The van der Waals surface area contributed by atoms with Crippen molar-refractivity contribution in [1.29, 1.82) is 0 Å². The zero-order valence-electron chi connectivity index (χ0n) is 13.0. The lowest BCUT2D eigenvalue weighted by atomic mass is 9.93. The largest absolute Gasteiger partial charge is 0.310 e. The fourth-order valence-electron chi connectivity index (χ4n) is 3.03. The van der Waals surface area contributed by atoms with Gasteiger partial charge in [-0.15, -0.1) is 0 Å². The minimum absolute atomic E-state index is 0.125. The predicted molar refractivity (Wildman–Crippen MR) is 85.9 cm³/mol. The average Bonchev–Trinajstić information content (AvgIpc) is 3.21. The normalized spacial score (nSPS) is 14.5. The quantitative estimate of drug-likeness (QED) is 0.859. The highest BCUT2D eigenvalue weighted by Crippen LogP contribution is 2.31. The maximum atomic E-state index is 14.5. The Morgan fingerprint density at radius 2 is 1.71 bits per heavy atom. The molecular formula is C19H22FN. The zero-order valence-corrected chi connectivity index (χ0v) is 13.0. The van der Waals surface area contributed by atoms with E-state index in [0.717, 1.165) is 28.8 Å². The molecule has 0 radical (unpaired) electrons. The van der Waals surface area contributed by atoms with Gasteiger partial charge in [0.15, 0.2) is 0 Å². The van der Waals surface area contributed by atoms with Crippen molar-refractivity contribution < 1.29 is 4.39 Å². The molecule has 0 amide bonds. The highest BCUT2D eigenvalue weighted by Gasteiger charge is 2.20. The lowest BCUT2D eigenvalue weighted by Gasteiger charge is -2.13. The second kappa shape index (κ2) is 5.61. The summed E-state index contributed by atoms with van der Waals surface area (Å²) in [5.41, 5.74) is 6.25. The van der Waals surface area contributed by atoms with Crippen LogP contribution in [0.2, 0.25) is 0 Å². The van der Waals surface area contributed by atoms with Crippen molar-refractivity contribution in [3.05, 3.63) is 58.4 Å². The number of hydrogen-bond acceptors (Lipinski definition) is 1. The molecule has 3 rings (SSSR count). The van der Waals surface area contributed by atoms with Crippen molar-refractivity contribution in [1.82, 2.24) is 5.32 Å². The molecule has 21 heavy (non-hydrogen) atoms. The van der Waals surface area contributed by atoms with Crippen LogP contribution in [0.15, 0.2) is 30.3 Å². The standard InChI is InChI=1S/C19H22FN/c1-12-8-13(2)19(14(3)9-12)17-7-4-15(10-18(17)20)11-21-16-5-6-16/h4,7-10,16,21H,5-6,11H2,1-3H3. The van der Waals surface area contributed by atoms with Gasteiger partial charge in [0.05, 0.1) is 0 Å². The van der Waals surface area contributed by atoms with E-state index in [1.54, 1.807) is 6.07 Å². The summed E-state index contributed by atoms with van der Waals surface area (Å²) < 4.78 is 14.5. The molecule has 0 saturated heterocycles. The fraction of sp³-hybridized carbons (Fsp3) is 0.368. The van der Waals surface area contributed by atoms with Gasteiger partial charge in [-0.25, -0.2) is 4.39 Å². The van der Waals surface area contributed by atoms with E-state index in [1.165, 1.54) is 18.4 Å². The molecule has 1 aliphatic carbocycles. The van der Waals surface area contributed by atoms with Gasteiger partial charge in [0, 0.05) is 18.2 Å². The second-order valence-electron chi connectivity index (χ2n) is 6.24. The van der Waals surface area contributed by atoms with E-state index < -0.39 is 0 Å². The Morgan fingerprint density at radius 1 is 1.05 bits per heavy atom. The van der Waals surface area contributed by atoms with E-state index >= 15 is 0 Å². The third-order valence-corrected chi connectivity index (χ3v) is 4.15. The summed E-state index contributed by atoms with van der Waals surface area (Å²) in [4.78, 5) is 0. The first-order valence-electron chi connectivity index (χ1n) is 7.64. The Hall–Kier alpha value is -1.67. The van der Waals surface area contributed by atoms with E-state index in [1.807, 2.05) is 12.1 Å². The number of hydrogen-bond donors (Lipinski definition) is 1. The van der Waals surface area contributed by atoms with Crippen LogP contribution in [-0.4, -0.2) is 6.04 Å². The minimum atomic E-state index is -0.125. The van der Waals surface area contributed by atoms with Crippen molar-refractivity contribution in [2.24, 2.45) is 0 Å². The molecule has 0 spiro atoms. The maximum Gasteiger partial charge on any atom is 0.131 e. The van der Waals surface area contributed by atoms with E-state index in [9.17, 15) is 4.39 Å². The molecule has 0 unspecified atom stereocenters. The molecule has 1 N–H and O–H groups in total. The number of benzene rings is 2. The lowest BCUT2D eigenvalue weighted by Crippen LogP contribution is -2.15. The maximum absolute atomic E-state index is 14.5. The molecular weight excluding hydrogens is 261 g/mol. The van der Waals surface area contributed by atoms with Gasteiger partial charge in [0.25, 0.3) is 0 Å². The van der Waals surface area contributed by atoms with Gasteiger partial charge < -0.3 is 5.32 Å². The number of halogens is 1. The Morgan fingerprint density at radius 3 is 2.29 bits per heavy atom. The summed E-state index contributed by atoms with van der Waals surface area (Å²) >= 11 is 0. The first kappa shape index (κ1) is 14.3. The van der Waals surface area contributed by atoms with Crippen LogP contribution in [0.25, 0.3) is 11.1 Å². The molecule has 0 heterocycles. The minimum Gasteiger partial charge on any atom is -0.310 e. The molecule has 0 bridgehead atoms. The monoisotopic (exact) mass is 283 g/mol. The van der Waals surface area contributed by atoms with Crippen LogP contribution >= 0.6 is 0 Å². The van der Waals surface area contributed by atoms with Crippen molar-refractivity contribution in [3.8, 4) is 11.1 Å². The van der Waals surface area contributed by atoms with Gasteiger partial charge in [-0.05, 0) is 61.9 Å². The molecule has 0 aliphatic heterocycles. The van der Waals surface area contributed by atoms with Crippen molar-refractivity contribution in [3.63, 3.8) is 0 Å². The van der Waals surface area contributed by atoms with Gasteiger partial charge in [0.1, 0.15) is 5.82 Å². The van der Waals surface area contributed by atoms with Crippen molar-refractivity contribution >= 4 is 0 Å². The third-order valence-electron chi connectivity index (χ3n) is 4.15. The second-order valence-corrected chi connectivity index (χ2v) is 6.24. The molecule has 1 aliphatic rings. The molecule has 1 nitrogen and oxygen atoms in total. The van der Waals surface area contributed by atoms with E-state index in [-0.39, 0.29) is 5.82 Å². The first-order valence-corrected chi connectivity index (χ1v) is 7.64. The summed E-state index contributed by atoms with van der Waals surface area (Å²) in [5, 5.41) is 3.42. The van der Waals surface area contributed by atoms with Crippen LogP contribution in [0.1, 0.15) is 35.1 Å². The summed E-state index contributed by atoms with van der Waals surface area (Å²) in [6.45, 7) is 6.94. The average molecular weight is 283 g/mol. The third kappa shape index (κ3) is 3.16. The Balaban J connectivity index is 1.91. The van der Waals surface area contributed by atoms with Crippen LogP contribution in [-0.2, 0) is 6.54 Å². The molecule has 0 aromatic heterocycles. The number of rotatable bonds is 4. The molecule has 2 aromatic rings. The van der Waals surface area contributed by atoms with Gasteiger partial charge in [-0.2, -0.15) is 0 Å². The fourth-order valence-corrected chi connectivity index (χ4v) is 3.03. The van der Waals surface area contributed by atoms with Gasteiger partial charge in [-0.1, -0.05) is 29.8 Å². The number of aryl methyl sites for hydroxylation is 3. The highest BCUT2D eigenvalue weighted by molar-refractivity contribution is 5.72. The molecule has 2 heteroatoms. The molecule has 1 saturated carbocycles. The molecule has 110 valence electrons. The highest BCUT2D eigenvalue weighted by atomic mass is 19.1. The Bertz CT molecular complexity index is 648. The smallest absolute Gasteiger partial charge is 0.131 e. The number of nitrogens with one attached hydrogen (secondary N) is 1. The zero-order chi connectivity index (χ0) is 15.0. The van der Waals surface area contributed by atoms with Crippen LogP contribution in [0.5, 0.6) is 0 Å². The van der Waals surface area contributed by atoms with E-state index in [4.69, 9.17) is 0 Å². The van der Waals surface area contributed by atoms with Crippen LogP contribution in [0.3, 0.4) is 0 Å². The van der Waals surface area contributed by atoms with Gasteiger partial charge in [0.2, 0.25) is 0 Å². The van der Waals surface area contributed by atoms with Crippen LogP contribution in [0, 0.1) is 26.6 Å².